The number of terminal acetylenes is 1. The Morgan fingerprint density at radius 3 is 2.75 bits per heavy atom. The summed E-state index contributed by atoms with van der Waals surface area (Å²) in [4.78, 5) is 12.2. The molecule has 1 N–H and O–H groups in total. The van der Waals surface area contributed by atoms with E-state index in [4.69, 9.17) is 11.2 Å². The van der Waals surface area contributed by atoms with Crippen molar-refractivity contribution in [3.05, 3.63) is 30.0 Å². The third kappa shape index (κ3) is 4.54. The SMILES string of the molecule is C#CCOC1[CH+]C=C(C(=O)NC2CCCCC2C(F)(F)F)C=C1F. The highest BCUT2D eigenvalue weighted by atomic mass is 19.4. The van der Waals surface area contributed by atoms with Crippen molar-refractivity contribution >= 4 is 5.91 Å². The zero-order valence-electron chi connectivity index (χ0n) is 12.9. The quantitative estimate of drug-likeness (QED) is 0.483. The number of alkyl halides is 3. The van der Waals surface area contributed by atoms with Gasteiger partial charge in [0.1, 0.15) is 12.7 Å². The van der Waals surface area contributed by atoms with Crippen LogP contribution in [0.4, 0.5) is 17.6 Å². The van der Waals surface area contributed by atoms with Crippen molar-refractivity contribution in [3.8, 4) is 12.3 Å². The number of nitrogens with one attached hydrogen (secondary N) is 1. The van der Waals surface area contributed by atoms with Crippen LogP contribution in [0.15, 0.2) is 23.6 Å². The second kappa shape index (κ2) is 7.75. The van der Waals surface area contributed by atoms with E-state index in [2.05, 4.69) is 11.2 Å². The Labute approximate surface area is 138 Å². The van der Waals surface area contributed by atoms with E-state index in [9.17, 15) is 22.4 Å². The third-order valence-electron chi connectivity index (χ3n) is 4.13. The van der Waals surface area contributed by atoms with Gasteiger partial charge in [0, 0.05) is 6.04 Å². The van der Waals surface area contributed by atoms with E-state index < -0.39 is 36.0 Å². The largest absolute Gasteiger partial charge is 0.393 e. The molecule has 2 rings (SSSR count). The van der Waals surface area contributed by atoms with Crippen LogP contribution in [0.25, 0.3) is 0 Å². The molecule has 0 heterocycles. The number of amides is 1. The van der Waals surface area contributed by atoms with Crippen molar-refractivity contribution in [1.82, 2.24) is 5.32 Å². The van der Waals surface area contributed by atoms with Crippen LogP contribution in [-0.2, 0) is 9.53 Å². The molecule has 0 spiro atoms. The van der Waals surface area contributed by atoms with Crippen molar-refractivity contribution in [2.75, 3.05) is 6.61 Å². The normalized spacial score (nSPS) is 27.4. The van der Waals surface area contributed by atoms with Crippen LogP contribution in [0.2, 0.25) is 0 Å². The minimum Gasteiger partial charge on any atom is -0.336 e. The van der Waals surface area contributed by atoms with Gasteiger partial charge < -0.3 is 10.1 Å². The molecule has 1 amide bonds. The fourth-order valence-corrected chi connectivity index (χ4v) is 2.92. The molecule has 3 unspecified atom stereocenters. The summed E-state index contributed by atoms with van der Waals surface area (Å²) in [5, 5.41) is 2.39. The molecule has 3 nitrogen and oxygen atoms in total. The lowest BCUT2D eigenvalue weighted by Crippen LogP contribution is -2.48. The number of carbonyl (C=O) groups is 1. The fraction of sp³-hybridized carbons (Fsp3) is 0.529. The smallest absolute Gasteiger partial charge is 0.336 e. The van der Waals surface area contributed by atoms with Crippen LogP contribution in [0, 0.1) is 24.7 Å². The van der Waals surface area contributed by atoms with E-state index in [1.54, 1.807) is 0 Å². The van der Waals surface area contributed by atoms with Gasteiger partial charge >= 0.3 is 12.1 Å². The molecule has 0 aromatic rings. The molecule has 0 aromatic carbocycles. The lowest BCUT2D eigenvalue weighted by molar-refractivity contribution is -0.189. The van der Waals surface area contributed by atoms with Gasteiger partial charge in [-0.25, -0.2) is 9.18 Å². The van der Waals surface area contributed by atoms with Gasteiger partial charge in [0.2, 0.25) is 0 Å². The number of hydrogen-bond donors (Lipinski definition) is 1. The molecule has 2 aliphatic carbocycles. The maximum Gasteiger partial charge on any atom is 0.393 e. The summed E-state index contributed by atoms with van der Waals surface area (Å²) in [7, 11) is 0. The van der Waals surface area contributed by atoms with Gasteiger partial charge in [-0.05, 0) is 12.8 Å². The molecule has 2 aliphatic rings. The predicted molar refractivity (Wildman–Crippen MR) is 80.1 cm³/mol. The second-order valence-electron chi connectivity index (χ2n) is 5.79. The highest BCUT2D eigenvalue weighted by molar-refractivity contribution is 5.97. The van der Waals surface area contributed by atoms with Gasteiger partial charge in [0.15, 0.2) is 17.5 Å². The van der Waals surface area contributed by atoms with Crippen LogP contribution in [0.1, 0.15) is 25.7 Å². The molecular weight excluding hydrogens is 326 g/mol. The average molecular weight is 344 g/mol. The topological polar surface area (TPSA) is 38.3 Å². The van der Waals surface area contributed by atoms with Crippen molar-refractivity contribution in [2.45, 2.75) is 44.0 Å². The Hall–Kier alpha value is -1.94. The molecular formula is C17H18F4NO2+. The van der Waals surface area contributed by atoms with Crippen LogP contribution in [0.3, 0.4) is 0 Å². The lowest BCUT2D eigenvalue weighted by atomic mass is 9.83. The van der Waals surface area contributed by atoms with Crippen LogP contribution in [-0.4, -0.2) is 30.8 Å². The summed E-state index contributed by atoms with van der Waals surface area (Å²) < 4.78 is 58.0. The van der Waals surface area contributed by atoms with Crippen LogP contribution < -0.4 is 5.32 Å². The molecule has 0 aromatic heterocycles. The Morgan fingerprint density at radius 1 is 1.42 bits per heavy atom. The van der Waals surface area contributed by atoms with Crippen molar-refractivity contribution < 1.29 is 27.1 Å². The molecule has 130 valence electrons. The van der Waals surface area contributed by atoms with Gasteiger partial charge in [-0.1, -0.05) is 18.8 Å². The molecule has 3 atom stereocenters. The lowest BCUT2D eigenvalue weighted by Gasteiger charge is -2.33. The number of rotatable bonds is 4. The van der Waals surface area contributed by atoms with Gasteiger partial charge in [-0.15, -0.1) is 6.42 Å². The van der Waals surface area contributed by atoms with Crippen molar-refractivity contribution in [3.63, 3.8) is 0 Å². The Morgan fingerprint density at radius 2 is 2.12 bits per heavy atom. The first-order chi connectivity index (χ1) is 11.3. The van der Waals surface area contributed by atoms with Crippen molar-refractivity contribution in [2.24, 2.45) is 5.92 Å². The Bertz CT molecular complexity index is 574. The minimum atomic E-state index is -4.36. The zero-order chi connectivity index (χ0) is 17.7. The van der Waals surface area contributed by atoms with Gasteiger partial charge in [-0.2, -0.15) is 13.2 Å². The first-order valence-electron chi connectivity index (χ1n) is 7.68. The molecule has 0 saturated heterocycles. The van der Waals surface area contributed by atoms with Gasteiger partial charge in [-0.3, -0.25) is 0 Å². The van der Waals surface area contributed by atoms with Crippen LogP contribution in [0.5, 0.6) is 0 Å². The number of ether oxygens (including phenoxy) is 1. The van der Waals surface area contributed by atoms with E-state index in [1.165, 1.54) is 12.5 Å². The number of carbonyl (C=O) groups excluding carboxylic acids is 1. The predicted octanol–water partition coefficient (Wildman–Crippen LogP) is 3.24. The van der Waals surface area contributed by atoms with E-state index in [-0.39, 0.29) is 25.0 Å². The van der Waals surface area contributed by atoms with Crippen molar-refractivity contribution in [1.29, 1.82) is 0 Å². The summed E-state index contributed by atoms with van der Waals surface area (Å²) in [6.07, 6.45) is 4.62. The van der Waals surface area contributed by atoms with Crippen LogP contribution >= 0.6 is 0 Å². The molecule has 1 fully saturated rings. The zero-order valence-corrected chi connectivity index (χ0v) is 12.9. The monoisotopic (exact) mass is 344 g/mol. The van der Waals surface area contributed by atoms with Gasteiger partial charge in [0.25, 0.3) is 0 Å². The fourth-order valence-electron chi connectivity index (χ4n) is 2.92. The summed E-state index contributed by atoms with van der Waals surface area (Å²) in [6, 6.07) is -0.987. The first kappa shape index (κ1) is 18.4. The maximum absolute atomic E-state index is 13.9. The van der Waals surface area contributed by atoms with E-state index >= 15 is 0 Å². The number of hydrogen-bond acceptors (Lipinski definition) is 2. The minimum absolute atomic E-state index is 0.00811. The molecule has 0 aliphatic heterocycles. The Balaban J connectivity index is 2.00. The molecule has 7 heteroatoms. The summed E-state index contributed by atoms with van der Waals surface area (Å²) in [6.45, 7) is -0.0901. The highest BCUT2D eigenvalue weighted by Gasteiger charge is 2.46. The maximum atomic E-state index is 13.9. The van der Waals surface area contributed by atoms with E-state index in [0.29, 0.717) is 12.8 Å². The summed E-state index contributed by atoms with van der Waals surface area (Å²) >= 11 is 0. The first-order valence-corrected chi connectivity index (χ1v) is 7.68. The summed E-state index contributed by atoms with van der Waals surface area (Å²) in [5.41, 5.74) is -0.0421. The van der Waals surface area contributed by atoms with E-state index in [0.717, 1.165) is 6.08 Å². The summed E-state index contributed by atoms with van der Waals surface area (Å²) in [5.74, 6) is -0.804. The average Bonchev–Trinajstić information content (AvgIpc) is 2.53. The molecule has 0 bridgehead atoms. The standard InChI is InChI=1S/C17H17F4NO2/c1-2-9-24-15-8-7-11(10-13(15)18)16(23)22-14-6-4-3-5-12(14)17(19,20)21/h1,7-8,10,12,14-15H,3-6,9H2/p+1. The van der Waals surface area contributed by atoms with Gasteiger partial charge in [0.05, 0.1) is 18.4 Å². The number of halogens is 4. The second-order valence-corrected chi connectivity index (χ2v) is 5.79. The highest BCUT2D eigenvalue weighted by Crippen LogP contribution is 2.38. The molecule has 24 heavy (non-hydrogen) atoms. The van der Waals surface area contributed by atoms with E-state index in [1.807, 2.05) is 0 Å². The molecule has 1 saturated carbocycles. The Kier molecular flexibility index (Phi) is 5.94. The molecule has 0 radical (unpaired) electrons. The third-order valence-corrected chi connectivity index (χ3v) is 4.13.